The zero-order chi connectivity index (χ0) is 13.1. The van der Waals surface area contributed by atoms with Crippen LogP contribution in [0, 0.1) is 0 Å². The zero-order valence-electron chi connectivity index (χ0n) is 9.27. The fourth-order valence-corrected chi connectivity index (χ4v) is 1.54. The molecule has 1 aromatic carbocycles. The van der Waals surface area contributed by atoms with Gasteiger partial charge in [0.05, 0.1) is 11.9 Å². The molecule has 0 saturated carbocycles. The first-order valence-electron chi connectivity index (χ1n) is 5.13. The maximum Gasteiger partial charge on any atom is 0.272 e. The van der Waals surface area contributed by atoms with E-state index in [4.69, 9.17) is 5.73 Å². The normalized spacial score (nSPS) is 10.2. The fraction of sp³-hybridized carbons (Fsp3) is 0.0909. The van der Waals surface area contributed by atoms with Gasteiger partial charge in [-0.05, 0) is 6.07 Å². The molecule has 18 heavy (non-hydrogen) atoms. The fourth-order valence-electron chi connectivity index (χ4n) is 1.54. The van der Waals surface area contributed by atoms with Gasteiger partial charge in [-0.2, -0.15) is 5.10 Å². The van der Waals surface area contributed by atoms with Gasteiger partial charge in [-0.3, -0.25) is 14.4 Å². The van der Waals surface area contributed by atoms with Gasteiger partial charge in [-0.25, -0.2) is 5.10 Å². The number of hydrogen-bond donors (Lipinski definition) is 3. The highest BCUT2D eigenvalue weighted by Crippen LogP contribution is 2.11. The van der Waals surface area contributed by atoms with Crippen LogP contribution >= 0.6 is 0 Å². The van der Waals surface area contributed by atoms with E-state index < -0.39 is 11.8 Å². The minimum atomic E-state index is -0.655. The number of aromatic amines is 1. The van der Waals surface area contributed by atoms with Crippen LogP contribution in [0.5, 0.6) is 0 Å². The summed E-state index contributed by atoms with van der Waals surface area (Å²) in [5.41, 5.74) is 4.59. The highest BCUT2D eigenvalue weighted by atomic mass is 16.2. The van der Waals surface area contributed by atoms with Crippen LogP contribution in [0.1, 0.15) is 10.5 Å². The number of nitrogens with one attached hydrogen (secondary N) is 2. The van der Waals surface area contributed by atoms with Crippen molar-refractivity contribution in [2.45, 2.75) is 0 Å². The van der Waals surface area contributed by atoms with Crippen LogP contribution in [0.4, 0.5) is 0 Å². The topological polar surface area (TPSA) is 118 Å². The van der Waals surface area contributed by atoms with Crippen molar-refractivity contribution in [1.82, 2.24) is 15.5 Å². The molecule has 4 N–H and O–H groups in total. The van der Waals surface area contributed by atoms with Crippen molar-refractivity contribution in [3.05, 3.63) is 40.3 Å². The Hall–Kier alpha value is -2.70. The Kier molecular flexibility index (Phi) is 3.05. The third kappa shape index (κ3) is 2.19. The predicted molar refractivity (Wildman–Crippen MR) is 63.9 cm³/mol. The summed E-state index contributed by atoms with van der Waals surface area (Å²) in [7, 11) is 0. The second-order valence-electron chi connectivity index (χ2n) is 3.60. The lowest BCUT2D eigenvalue weighted by Crippen LogP contribution is -2.34. The number of amides is 2. The first-order valence-corrected chi connectivity index (χ1v) is 5.13. The van der Waals surface area contributed by atoms with Crippen LogP contribution in [-0.2, 0) is 4.79 Å². The van der Waals surface area contributed by atoms with Gasteiger partial charge in [0.15, 0.2) is 5.69 Å². The number of carbonyl (C=O) groups excluding carboxylic acids is 2. The summed E-state index contributed by atoms with van der Waals surface area (Å²) >= 11 is 0. The SMILES string of the molecule is NC(=O)CNC(=O)c1n[nH]c(=O)c2ccccc12. The first kappa shape index (κ1) is 11.8. The van der Waals surface area contributed by atoms with E-state index in [0.717, 1.165) is 0 Å². The molecule has 0 aliphatic heterocycles. The summed E-state index contributed by atoms with van der Waals surface area (Å²) in [5, 5.41) is 9.00. The number of H-pyrrole nitrogens is 1. The molecule has 7 nitrogen and oxygen atoms in total. The van der Waals surface area contributed by atoms with Crippen LogP contribution in [0.25, 0.3) is 10.8 Å². The third-order valence-corrected chi connectivity index (χ3v) is 2.33. The van der Waals surface area contributed by atoms with Crippen LogP contribution in [0.3, 0.4) is 0 Å². The second kappa shape index (κ2) is 4.66. The molecule has 1 heterocycles. The minimum absolute atomic E-state index is 0.0476. The Balaban J connectivity index is 2.45. The van der Waals surface area contributed by atoms with Gasteiger partial charge in [0, 0.05) is 5.39 Å². The maximum absolute atomic E-state index is 11.8. The third-order valence-electron chi connectivity index (χ3n) is 2.33. The highest BCUT2D eigenvalue weighted by Gasteiger charge is 2.13. The van der Waals surface area contributed by atoms with Crippen LogP contribution in [-0.4, -0.2) is 28.6 Å². The number of rotatable bonds is 3. The molecule has 2 aromatic rings. The molecule has 92 valence electrons. The van der Waals surface area contributed by atoms with Gasteiger partial charge in [0.25, 0.3) is 11.5 Å². The lowest BCUT2D eigenvalue weighted by Gasteiger charge is -2.04. The number of aromatic nitrogens is 2. The number of hydrogen-bond acceptors (Lipinski definition) is 4. The molecule has 0 atom stereocenters. The number of fused-ring (bicyclic) bond motifs is 1. The van der Waals surface area contributed by atoms with E-state index >= 15 is 0 Å². The molecule has 0 radical (unpaired) electrons. The van der Waals surface area contributed by atoms with E-state index in [1.807, 2.05) is 0 Å². The first-order chi connectivity index (χ1) is 8.59. The molecular weight excluding hydrogens is 236 g/mol. The number of benzene rings is 1. The lowest BCUT2D eigenvalue weighted by atomic mass is 10.1. The van der Waals surface area contributed by atoms with Crippen molar-refractivity contribution in [2.75, 3.05) is 6.54 Å². The van der Waals surface area contributed by atoms with Gasteiger partial charge in [0.1, 0.15) is 0 Å². The summed E-state index contributed by atoms with van der Waals surface area (Å²) in [5.74, 6) is -1.22. The monoisotopic (exact) mass is 246 g/mol. The minimum Gasteiger partial charge on any atom is -0.368 e. The Morgan fingerprint density at radius 3 is 2.61 bits per heavy atom. The Bertz CT molecular complexity index is 677. The summed E-state index contributed by atoms with van der Waals surface area (Å²) in [6, 6.07) is 6.56. The molecule has 0 saturated heterocycles. The average Bonchev–Trinajstić information content (AvgIpc) is 2.37. The Morgan fingerprint density at radius 2 is 1.94 bits per heavy atom. The maximum atomic E-state index is 11.8. The quantitative estimate of drug-likeness (QED) is 0.652. The molecular formula is C11H10N4O3. The van der Waals surface area contributed by atoms with E-state index in [2.05, 4.69) is 15.5 Å². The summed E-state index contributed by atoms with van der Waals surface area (Å²) in [6.07, 6.45) is 0. The molecule has 2 rings (SSSR count). The van der Waals surface area contributed by atoms with Gasteiger partial charge in [-0.1, -0.05) is 18.2 Å². The van der Waals surface area contributed by atoms with Gasteiger partial charge < -0.3 is 11.1 Å². The second-order valence-corrected chi connectivity index (χ2v) is 3.60. The molecule has 2 amide bonds. The lowest BCUT2D eigenvalue weighted by molar-refractivity contribution is -0.117. The van der Waals surface area contributed by atoms with Crippen molar-refractivity contribution in [3.8, 4) is 0 Å². The van der Waals surface area contributed by atoms with Crippen molar-refractivity contribution in [2.24, 2.45) is 5.73 Å². The summed E-state index contributed by atoms with van der Waals surface area (Å²) in [4.78, 5) is 33.8. The van der Waals surface area contributed by atoms with Crippen molar-refractivity contribution in [1.29, 1.82) is 0 Å². The summed E-state index contributed by atoms with van der Waals surface area (Å²) < 4.78 is 0. The van der Waals surface area contributed by atoms with E-state index in [1.165, 1.54) is 0 Å². The van der Waals surface area contributed by atoms with Crippen LogP contribution in [0.2, 0.25) is 0 Å². The molecule has 0 bridgehead atoms. The molecule has 0 unspecified atom stereocenters. The Labute approximate surface area is 101 Å². The molecule has 0 fully saturated rings. The van der Waals surface area contributed by atoms with Gasteiger partial charge >= 0.3 is 0 Å². The van der Waals surface area contributed by atoms with E-state index in [9.17, 15) is 14.4 Å². The van der Waals surface area contributed by atoms with Crippen LogP contribution < -0.4 is 16.6 Å². The van der Waals surface area contributed by atoms with E-state index in [0.29, 0.717) is 10.8 Å². The number of carbonyl (C=O) groups is 2. The van der Waals surface area contributed by atoms with Crippen molar-refractivity contribution < 1.29 is 9.59 Å². The Morgan fingerprint density at radius 1 is 1.28 bits per heavy atom. The molecule has 0 aliphatic carbocycles. The van der Waals surface area contributed by atoms with Gasteiger partial charge in [0.2, 0.25) is 5.91 Å². The number of nitrogens with zero attached hydrogens (tertiary/aromatic N) is 1. The van der Waals surface area contributed by atoms with Crippen molar-refractivity contribution in [3.63, 3.8) is 0 Å². The highest BCUT2D eigenvalue weighted by molar-refractivity contribution is 6.05. The largest absolute Gasteiger partial charge is 0.368 e. The van der Waals surface area contributed by atoms with Gasteiger partial charge in [-0.15, -0.1) is 0 Å². The predicted octanol–water partition coefficient (Wildman–Crippen LogP) is -0.862. The standard InChI is InChI=1S/C11H10N4O3/c12-8(16)5-13-11(18)9-6-3-1-2-4-7(6)10(17)15-14-9/h1-4H,5H2,(H2,12,16)(H,13,18)(H,15,17). The molecule has 0 aliphatic rings. The number of nitrogens with two attached hydrogens (primary N) is 1. The molecule has 7 heteroatoms. The smallest absolute Gasteiger partial charge is 0.272 e. The van der Waals surface area contributed by atoms with Crippen molar-refractivity contribution >= 4 is 22.6 Å². The average molecular weight is 246 g/mol. The molecule has 1 aromatic heterocycles. The summed E-state index contributed by atoms with van der Waals surface area (Å²) in [6.45, 7) is -0.284. The zero-order valence-corrected chi connectivity index (χ0v) is 9.27. The van der Waals surface area contributed by atoms with E-state index in [1.54, 1.807) is 24.3 Å². The van der Waals surface area contributed by atoms with Crippen LogP contribution in [0.15, 0.2) is 29.1 Å². The molecule has 0 spiro atoms. The number of primary amides is 1. The van der Waals surface area contributed by atoms with E-state index in [-0.39, 0.29) is 17.8 Å².